The summed E-state index contributed by atoms with van der Waals surface area (Å²) in [6.45, 7) is 0. The van der Waals surface area contributed by atoms with Crippen molar-refractivity contribution in [2.45, 2.75) is 0 Å². The summed E-state index contributed by atoms with van der Waals surface area (Å²) < 4.78 is 40.8. The van der Waals surface area contributed by atoms with Gasteiger partial charge in [0.2, 0.25) is 11.4 Å². The van der Waals surface area contributed by atoms with Crippen LogP contribution in [-0.4, -0.2) is 18.0 Å². The average Bonchev–Trinajstić information content (AvgIpc) is 2.97. The van der Waals surface area contributed by atoms with E-state index in [1.807, 2.05) is 83.5 Å². The first kappa shape index (κ1) is 28.7. The molecule has 1 heterocycles. The normalized spacial score (nSPS) is 11.4. The lowest BCUT2D eigenvalue weighted by Gasteiger charge is -2.09. The average molecular weight is 558 g/mol. The van der Waals surface area contributed by atoms with Crippen LogP contribution in [0.1, 0.15) is 5.56 Å². The number of pyridine rings is 1. The maximum absolute atomic E-state index is 11.1. The molecule has 0 bridgehead atoms. The molecule has 5 aromatic rings. The van der Waals surface area contributed by atoms with Gasteiger partial charge in [0.1, 0.15) is 0 Å². The fourth-order valence-corrected chi connectivity index (χ4v) is 4.04. The van der Waals surface area contributed by atoms with Crippen LogP contribution in [0, 0.1) is 10.1 Å². The van der Waals surface area contributed by atoms with E-state index in [1.165, 1.54) is 12.1 Å². The molecule has 0 aliphatic rings. The van der Waals surface area contributed by atoms with E-state index in [0.29, 0.717) is 5.56 Å². The van der Waals surface area contributed by atoms with Gasteiger partial charge in [-0.15, -0.1) is 0 Å². The Morgan fingerprint density at radius 2 is 1.05 bits per heavy atom. The van der Waals surface area contributed by atoms with Crippen LogP contribution in [0.25, 0.3) is 33.6 Å². The monoisotopic (exact) mass is 558 g/mol. The van der Waals surface area contributed by atoms with Crippen LogP contribution >= 0.6 is 0 Å². The number of nitrogens with two attached hydrogens (primary N) is 1. The molecule has 41 heavy (non-hydrogen) atoms. The molecule has 11 heteroatoms. The van der Waals surface area contributed by atoms with Crippen LogP contribution in [0.15, 0.2) is 132 Å². The minimum atomic E-state index is -6.00. The van der Waals surface area contributed by atoms with Gasteiger partial charge in [0, 0.05) is 46.1 Å². The van der Waals surface area contributed by atoms with Crippen molar-refractivity contribution in [3.8, 4) is 33.6 Å². The molecule has 0 aliphatic carbocycles. The fourth-order valence-electron chi connectivity index (χ4n) is 4.04. The van der Waals surface area contributed by atoms with Crippen LogP contribution in [0.3, 0.4) is 0 Å². The summed E-state index contributed by atoms with van der Waals surface area (Å²) in [5.74, 6) is 0.247. The van der Waals surface area contributed by atoms with E-state index in [0.717, 1.165) is 33.6 Å². The second kappa shape index (κ2) is 12.7. The molecule has 0 unspecified atom stereocenters. The van der Waals surface area contributed by atoms with Gasteiger partial charge in [0.05, 0.1) is 4.92 Å². The number of hydrogen-bond donors (Lipinski definition) is 1. The highest BCUT2D eigenvalue weighted by atomic mass is 19.5. The van der Waals surface area contributed by atoms with Crippen molar-refractivity contribution in [2.24, 2.45) is 10.8 Å². The van der Waals surface area contributed by atoms with Gasteiger partial charge in [0.15, 0.2) is 5.84 Å². The van der Waals surface area contributed by atoms with Crippen LogP contribution in [-0.2, 0) is 0 Å². The Morgan fingerprint density at radius 1 is 0.659 bits per heavy atom. The molecule has 0 saturated heterocycles. The molecule has 0 atom stereocenters. The molecule has 0 amide bonds. The summed E-state index contributed by atoms with van der Waals surface area (Å²) in [5.41, 5.74) is 12.9. The number of benzene rings is 4. The summed E-state index contributed by atoms with van der Waals surface area (Å²) >= 11 is 0. The lowest BCUT2D eigenvalue weighted by molar-refractivity contribution is -0.656. The predicted molar refractivity (Wildman–Crippen MR) is 152 cm³/mol. The van der Waals surface area contributed by atoms with E-state index in [-0.39, 0.29) is 11.5 Å². The maximum atomic E-state index is 11.1. The van der Waals surface area contributed by atoms with Crippen molar-refractivity contribution in [2.75, 3.05) is 0 Å². The zero-order valence-corrected chi connectivity index (χ0v) is 21.4. The minimum Gasteiger partial charge on any atom is -0.418 e. The van der Waals surface area contributed by atoms with Gasteiger partial charge in [0.25, 0.3) is 5.69 Å². The second-order valence-electron chi connectivity index (χ2n) is 8.71. The van der Waals surface area contributed by atoms with Gasteiger partial charge < -0.3 is 23.0 Å². The fraction of sp³-hybridized carbons (Fsp3) is 0. The van der Waals surface area contributed by atoms with Gasteiger partial charge >= 0.3 is 7.25 Å². The number of non-ortho nitro benzene ring substituents is 1. The Balaban J connectivity index is 0.000000714. The number of nitro benzene ring substituents is 1. The molecular weight excluding hydrogens is 535 g/mol. The maximum Gasteiger partial charge on any atom is 0.673 e. The van der Waals surface area contributed by atoms with Crippen LogP contribution in [0.5, 0.6) is 0 Å². The highest BCUT2D eigenvalue weighted by Crippen LogP contribution is 2.29. The summed E-state index contributed by atoms with van der Waals surface area (Å²) in [7, 11) is -6.00. The first-order valence-corrected chi connectivity index (χ1v) is 12.3. The van der Waals surface area contributed by atoms with Crippen molar-refractivity contribution in [1.82, 2.24) is 0 Å². The third-order valence-electron chi connectivity index (χ3n) is 5.87. The van der Waals surface area contributed by atoms with Crippen molar-refractivity contribution >= 4 is 18.8 Å². The van der Waals surface area contributed by atoms with E-state index in [1.54, 1.807) is 12.1 Å². The lowest BCUT2D eigenvalue weighted by atomic mass is 10.00. The van der Waals surface area contributed by atoms with Gasteiger partial charge in [-0.25, -0.2) is 0 Å². The SMILES string of the molecule is F[B-](F)(F)F.N/C(=N\[n+]1c(-c2ccccc2)cc(-c2ccccc2)cc1-c1ccccc1)c1ccc([N+](=O)[O-])cc1. The second-order valence-corrected chi connectivity index (χ2v) is 8.71. The van der Waals surface area contributed by atoms with Crippen molar-refractivity contribution < 1.29 is 26.9 Å². The summed E-state index contributed by atoms with van der Waals surface area (Å²) in [6.07, 6.45) is 0. The summed E-state index contributed by atoms with van der Waals surface area (Å²) in [5, 5.41) is 15.9. The number of halogens is 4. The number of hydrogen-bond acceptors (Lipinski definition) is 3. The van der Waals surface area contributed by atoms with Crippen LogP contribution in [0.2, 0.25) is 0 Å². The van der Waals surface area contributed by atoms with E-state index in [2.05, 4.69) is 24.3 Å². The quantitative estimate of drug-likeness (QED) is 0.0450. The third-order valence-corrected chi connectivity index (χ3v) is 5.87. The van der Waals surface area contributed by atoms with E-state index >= 15 is 0 Å². The Hall–Kier alpha value is -5.32. The number of nitrogens with zero attached hydrogens (tertiary/aromatic N) is 3. The highest BCUT2D eigenvalue weighted by Gasteiger charge is 2.24. The number of aromatic nitrogens is 1. The van der Waals surface area contributed by atoms with E-state index in [4.69, 9.17) is 10.8 Å². The topological polar surface area (TPSA) is 85.4 Å². The molecule has 0 saturated carbocycles. The van der Waals surface area contributed by atoms with E-state index in [9.17, 15) is 27.4 Å². The molecule has 0 radical (unpaired) electrons. The Labute approximate surface area is 233 Å². The van der Waals surface area contributed by atoms with E-state index < -0.39 is 12.2 Å². The van der Waals surface area contributed by atoms with Gasteiger partial charge in [-0.1, -0.05) is 66.7 Å². The Bertz CT molecular complexity index is 1580. The molecule has 6 nitrogen and oxygen atoms in total. The molecule has 0 aliphatic heterocycles. The number of nitro groups is 1. The van der Waals surface area contributed by atoms with Crippen molar-refractivity contribution in [1.29, 1.82) is 0 Å². The molecule has 0 fully saturated rings. The molecule has 2 N–H and O–H groups in total. The molecular formula is C30H23BF4N4O2. The van der Waals surface area contributed by atoms with Crippen molar-refractivity contribution in [3.05, 3.63) is 143 Å². The number of rotatable bonds is 6. The van der Waals surface area contributed by atoms with Gasteiger partial charge in [-0.05, 0) is 52.2 Å². The third kappa shape index (κ3) is 7.85. The smallest absolute Gasteiger partial charge is 0.418 e. The van der Waals surface area contributed by atoms with Crippen LogP contribution in [0.4, 0.5) is 23.0 Å². The molecule has 4 aromatic carbocycles. The molecule has 0 spiro atoms. The van der Waals surface area contributed by atoms with Crippen molar-refractivity contribution in [3.63, 3.8) is 0 Å². The first-order chi connectivity index (χ1) is 19.6. The minimum absolute atomic E-state index is 0.00127. The van der Waals surface area contributed by atoms with Crippen LogP contribution < -0.4 is 10.4 Å². The lowest BCUT2D eigenvalue weighted by Crippen LogP contribution is -2.37. The highest BCUT2D eigenvalue weighted by molar-refractivity contribution is 6.50. The number of amidine groups is 1. The Kier molecular flexibility index (Phi) is 8.88. The van der Waals surface area contributed by atoms with Gasteiger partial charge in [-0.2, -0.15) is 0 Å². The standard InChI is InChI=1S/C30H23N4O2.BF4/c31-30(25-16-18-27(19-17-25)34(35)36)32-33-28(23-12-6-2-7-13-23)20-26(22-10-4-1-5-11-22)21-29(33)24-14-8-3-9-15-24;2-1(3,4)5/h1-21H,(H2,31,32);/q+1;-1. The molecule has 206 valence electrons. The first-order valence-electron chi connectivity index (χ1n) is 12.3. The molecule has 5 rings (SSSR count). The summed E-state index contributed by atoms with van der Waals surface area (Å²) in [4.78, 5) is 10.6. The predicted octanol–water partition coefficient (Wildman–Crippen LogP) is 7.35. The zero-order valence-electron chi connectivity index (χ0n) is 21.4. The Morgan fingerprint density at radius 3 is 1.44 bits per heavy atom. The largest absolute Gasteiger partial charge is 0.673 e. The van der Waals surface area contributed by atoms with Gasteiger partial charge in [-0.3, -0.25) is 10.1 Å². The summed E-state index contributed by atoms with van der Waals surface area (Å²) in [6, 6.07) is 40.5. The molecule has 1 aromatic heterocycles. The zero-order chi connectivity index (χ0) is 29.4.